The number of esters is 1. The molecule has 4 rings (SSSR count). The molecule has 0 radical (unpaired) electrons. The number of hydrogen-bond acceptors (Lipinski definition) is 3. The van der Waals surface area contributed by atoms with Crippen molar-refractivity contribution in [1.29, 1.82) is 0 Å². The van der Waals surface area contributed by atoms with E-state index >= 15 is 0 Å². The Balaban J connectivity index is 1.60. The van der Waals surface area contributed by atoms with Crippen LogP contribution in [0.25, 0.3) is 0 Å². The number of halogens is 1. The van der Waals surface area contributed by atoms with Crippen molar-refractivity contribution in [3.05, 3.63) is 11.6 Å². The molecule has 0 unspecified atom stereocenters. The van der Waals surface area contributed by atoms with Gasteiger partial charge in [-0.25, -0.2) is 0 Å². The van der Waals surface area contributed by atoms with Crippen molar-refractivity contribution in [2.45, 2.75) is 84.3 Å². The van der Waals surface area contributed by atoms with Crippen LogP contribution in [0.15, 0.2) is 11.6 Å². The molecular formula is C23H35IO3. The van der Waals surface area contributed by atoms with Crippen LogP contribution in [-0.4, -0.2) is 27.7 Å². The first-order valence-corrected chi connectivity index (χ1v) is 12.4. The molecule has 0 heterocycles. The smallest absolute Gasteiger partial charge is 0.302 e. The topological polar surface area (TPSA) is 46.5 Å². The Morgan fingerprint density at radius 3 is 2.74 bits per heavy atom. The molecule has 0 amide bonds. The summed E-state index contributed by atoms with van der Waals surface area (Å²) >= 11 is 2.61. The average Bonchev–Trinajstić information content (AvgIpc) is 3.02. The number of aliphatic hydroxyl groups is 1. The Kier molecular flexibility index (Phi) is 5.46. The fourth-order valence-electron chi connectivity index (χ4n) is 7.80. The Morgan fingerprint density at radius 1 is 1.30 bits per heavy atom. The molecule has 0 aromatic carbocycles. The molecule has 3 fully saturated rings. The van der Waals surface area contributed by atoms with E-state index in [1.807, 2.05) is 6.92 Å². The highest BCUT2D eigenvalue weighted by atomic mass is 127. The molecule has 4 heteroatoms. The van der Waals surface area contributed by atoms with Crippen LogP contribution in [0, 0.1) is 34.5 Å². The zero-order valence-corrected chi connectivity index (χ0v) is 19.2. The van der Waals surface area contributed by atoms with Gasteiger partial charge in [-0.1, -0.05) is 41.2 Å². The average molecular weight is 486 g/mol. The predicted octanol–water partition coefficient (Wildman–Crippen LogP) is 5.29. The zero-order valence-electron chi connectivity index (χ0n) is 17.0. The van der Waals surface area contributed by atoms with Crippen LogP contribution in [0.5, 0.6) is 0 Å². The van der Waals surface area contributed by atoms with E-state index in [9.17, 15) is 9.90 Å². The summed E-state index contributed by atoms with van der Waals surface area (Å²) in [5, 5.41) is 10.5. The lowest BCUT2D eigenvalue weighted by atomic mass is 9.47. The summed E-state index contributed by atoms with van der Waals surface area (Å²) in [4.78, 5) is 11.4. The van der Waals surface area contributed by atoms with E-state index in [4.69, 9.17) is 4.74 Å². The predicted molar refractivity (Wildman–Crippen MR) is 116 cm³/mol. The number of carbonyl (C=O) groups is 1. The first-order valence-electron chi connectivity index (χ1n) is 10.9. The van der Waals surface area contributed by atoms with Crippen molar-refractivity contribution in [3.8, 4) is 0 Å². The third-order valence-electron chi connectivity index (χ3n) is 9.01. The summed E-state index contributed by atoms with van der Waals surface area (Å²) in [5.41, 5.74) is 2.21. The zero-order chi connectivity index (χ0) is 19.4. The summed E-state index contributed by atoms with van der Waals surface area (Å²) in [6.45, 7) is 6.05. The molecule has 3 saturated carbocycles. The van der Waals surface area contributed by atoms with Gasteiger partial charge in [0.15, 0.2) is 0 Å². The Bertz CT molecular complexity index is 629. The maximum absolute atomic E-state index is 11.4. The minimum atomic E-state index is -0.175. The molecular weight excluding hydrogens is 451 g/mol. The van der Waals surface area contributed by atoms with Crippen molar-refractivity contribution in [3.63, 3.8) is 0 Å². The van der Waals surface area contributed by atoms with Gasteiger partial charge in [0.2, 0.25) is 0 Å². The number of fused-ring (bicyclic) bond motifs is 5. The second kappa shape index (κ2) is 7.30. The first kappa shape index (κ1) is 20.2. The van der Waals surface area contributed by atoms with Gasteiger partial charge in [0, 0.05) is 17.8 Å². The fraction of sp³-hybridized carbons (Fsp3) is 0.870. The molecule has 4 aliphatic carbocycles. The van der Waals surface area contributed by atoms with Gasteiger partial charge in [0.25, 0.3) is 0 Å². The van der Waals surface area contributed by atoms with Gasteiger partial charge in [-0.3, -0.25) is 4.79 Å². The third-order valence-corrected chi connectivity index (χ3v) is 10.4. The van der Waals surface area contributed by atoms with Crippen molar-refractivity contribution in [2.75, 3.05) is 4.43 Å². The largest absolute Gasteiger partial charge is 0.462 e. The number of hydrogen-bond donors (Lipinski definition) is 1. The fourth-order valence-corrected chi connectivity index (χ4v) is 9.31. The summed E-state index contributed by atoms with van der Waals surface area (Å²) in [5.74, 6) is 2.66. The van der Waals surface area contributed by atoms with Crippen LogP contribution >= 0.6 is 22.6 Å². The van der Waals surface area contributed by atoms with E-state index in [2.05, 4.69) is 35.6 Å². The number of alkyl halides is 1. The van der Waals surface area contributed by atoms with Gasteiger partial charge >= 0.3 is 5.97 Å². The van der Waals surface area contributed by atoms with Gasteiger partial charge in [-0.05, 0) is 86.4 Å². The number of allylic oxidation sites excluding steroid dienone is 1. The first-order chi connectivity index (χ1) is 12.8. The van der Waals surface area contributed by atoms with E-state index in [1.54, 1.807) is 5.57 Å². The second-order valence-corrected chi connectivity index (χ2v) is 10.8. The maximum atomic E-state index is 11.4. The SMILES string of the molecule is CC(=O)O[C@H]1CC[C@@]2(C)C(=CC[C@H]3[C@@H]4CC[C@H]([C@H](C)O)[C@@]4(CI)CC[C@@H]32)C1. The standard InChI is InChI=1S/C23H35IO3/c1-14(25)19-6-7-21-18-5-4-16-12-17(27-15(2)26)8-10-22(16,3)20(18)9-11-23(19,21)13-24/h4,14,17-21,25H,5-13H2,1-3H3/t14-,17-,18+,19+,20-,21-,22-,23-/m0/s1. The molecule has 0 aromatic rings. The van der Waals surface area contributed by atoms with Crippen molar-refractivity contribution in [1.82, 2.24) is 0 Å². The van der Waals surface area contributed by atoms with Crippen LogP contribution in [0.1, 0.15) is 72.1 Å². The minimum absolute atomic E-state index is 0.0847. The molecule has 0 bridgehead atoms. The lowest BCUT2D eigenvalue weighted by molar-refractivity contribution is -0.148. The molecule has 0 aliphatic heterocycles. The van der Waals surface area contributed by atoms with E-state index < -0.39 is 0 Å². The highest BCUT2D eigenvalue weighted by Gasteiger charge is 2.60. The van der Waals surface area contributed by atoms with E-state index in [0.717, 1.165) is 37.0 Å². The minimum Gasteiger partial charge on any atom is -0.462 e. The highest BCUT2D eigenvalue weighted by Crippen LogP contribution is 2.67. The number of aliphatic hydroxyl groups excluding tert-OH is 1. The van der Waals surface area contributed by atoms with Crippen molar-refractivity contribution >= 4 is 28.6 Å². The van der Waals surface area contributed by atoms with Crippen LogP contribution in [0.3, 0.4) is 0 Å². The second-order valence-electron chi connectivity index (χ2n) is 10.1. The van der Waals surface area contributed by atoms with Gasteiger partial charge in [0.05, 0.1) is 6.10 Å². The lowest BCUT2D eigenvalue weighted by Crippen LogP contribution is -2.52. The quantitative estimate of drug-likeness (QED) is 0.255. The van der Waals surface area contributed by atoms with Gasteiger partial charge in [-0.2, -0.15) is 0 Å². The summed E-state index contributed by atoms with van der Waals surface area (Å²) in [6.07, 6.45) is 11.8. The molecule has 1 N–H and O–H groups in total. The Morgan fingerprint density at radius 2 is 2.07 bits per heavy atom. The molecule has 0 saturated heterocycles. The lowest BCUT2D eigenvalue weighted by Gasteiger charge is -2.58. The van der Waals surface area contributed by atoms with Crippen LogP contribution in [0.2, 0.25) is 0 Å². The molecule has 4 aliphatic rings. The Labute approximate surface area is 177 Å². The number of rotatable bonds is 3. The number of ether oxygens (including phenoxy) is 1. The Hall–Kier alpha value is -0.100. The normalized spacial score (nSPS) is 47.3. The summed E-state index contributed by atoms with van der Waals surface area (Å²) in [6, 6.07) is 0. The van der Waals surface area contributed by atoms with Gasteiger partial charge in [-0.15, -0.1) is 0 Å². The molecule has 0 spiro atoms. The number of carbonyl (C=O) groups excluding carboxylic acids is 1. The van der Waals surface area contributed by atoms with E-state index in [0.29, 0.717) is 16.7 Å². The van der Waals surface area contributed by atoms with Crippen LogP contribution in [0.4, 0.5) is 0 Å². The van der Waals surface area contributed by atoms with Crippen molar-refractivity contribution < 1.29 is 14.6 Å². The van der Waals surface area contributed by atoms with Crippen LogP contribution in [-0.2, 0) is 9.53 Å². The molecule has 8 atom stereocenters. The third kappa shape index (κ3) is 3.12. The highest BCUT2D eigenvalue weighted by molar-refractivity contribution is 14.1. The molecule has 152 valence electrons. The maximum Gasteiger partial charge on any atom is 0.302 e. The van der Waals surface area contributed by atoms with Gasteiger partial charge in [0.1, 0.15) is 6.10 Å². The summed E-state index contributed by atoms with van der Waals surface area (Å²) in [7, 11) is 0. The molecule has 3 nitrogen and oxygen atoms in total. The summed E-state index contributed by atoms with van der Waals surface area (Å²) < 4.78 is 6.75. The molecule has 27 heavy (non-hydrogen) atoms. The van der Waals surface area contributed by atoms with Crippen LogP contribution < -0.4 is 0 Å². The monoisotopic (exact) mass is 486 g/mol. The molecule has 0 aromatic heterocycles. The van der Waals surface area contributed by atoms with E-state index in [-0.39, 0.29) is 18.2 Å². The van der Waals surface area contributed by atoms with Crippen molar-refractivity contribution in [2.24, 2.45) is 34.5 Å². The van der Waals surface area contributed by atoms with E-state index in [1.165, 1.54) is 43.5 Å². The van der Waals surface area contributed by atoms with Gasteiger partial charge < -0.3 is 9.84 Å².